The van der Waals surface area contributed by atoms with Crippen LogP contribution in [0, 0.1) is 0 Å². The smallest absolute Gasteiger partial charge is 0.333 e. The Balaban J connectivity index is 0. The number of halogens is 1. The number of aromatic nitrogens is 3. The van der Waals surface area contributed by atoms with Gasteiger partial charge in [0, 0.05) is 23.7 Å². The molecule has 190 valence electrons. The number of anilines is 2. The molecule has 0 fully saturated rings. The molecule has 1 rings (SSSR count). The predicted octanol–water partition coefficient (Wildman–Crippen LogP) is 4.15. The van der Waals surface area contributed by atoms with Crippen molar-refractivity contribution in [2.75, 3.05) is 30.4 Å². The highest BCUT2D eigenvalue weighted by molar-refractivity contribution is 6.28. The quantitative estimate of drug-likeness (QED) is 0.276. The number of carbonyl (C=O) groups is 3. The van der Waals surface area contributed by atoms with Crippen molar-refractivity contribution in [2.24, 2.45) is 0 Å². The van der Waals surface area contributed by atoms with Crippen LogP contribution in [-0.2, 0) is 23.9 Å². The van der Waals surface area contributed by atoms with Gasteiger partial charge in [-0.2, -0.15) is 15.0 Å². The molecule has 0 aliphatic heterocycles. The average Bonchev–Trinajstić information content (AvgIpc) is 2.70. The zero-order chi connectivity index (χ0) is 26.8. The van der Waals surface area contributed by atoms with Gasteiger partial charge >= 0.3 is 11.9 Å². The van der Waals surface area contributed by atoms with Crippen LogP contribution in [-0.4, -0.2) is 58.5 Å². The third kappa shape index (κ3) is 18.3. The number of ether oxygens (including phenoxy) is 2. The minimum atomic E-state index is -0.489. The van der Waals surface area contributed by atoms with E-state index in [0.717, 1.165) is 6.54 Å². The molecule has 1 aromatic heterocycles. The number of nitrogens with one attached hydrogen (secondary N) is 2. The SMILES string of the molecule is C=C(C)C(=O)OCCOC(=O)C(=C)C.C=C(C)C(C)=O.CCNc1nc(Cl)nc(NC(C)C)n1. The molecule has 10 nitrogen and oxygen atoms in total. The standard InChI is InChI=1S/C10H14O4.C8H14ClN5.C5H8O/c1-7(2)9(11)13-5-6-14-10(12)8(3)4;1-4-10-7-12-6(9)13-8(14-7)11-5(2)3;1-4(2)5(3)6/h1,3,5-6H2,2,4H3;5H,4H2,1-3H3,(H2,10,11,12,13,14);1H2,2-3H3. The van der Waals surface area contributed by atoms with E-state index in [9.17, 15) is 14.4 Å². The van der Waals surface area contributed by atoms with Gasteiger partial charge in [0.2, 0.25) is 17.2 Å². The van der Waals surface area contributed by atoms with E-state index in [-0.39, 0.29) is 30.3 Å². The van der Waals surface area contributed by atoms with E-state index in [2.05, 4.69) is 54.8 Å². The lowest BCUT2D eigenvalue weighted by molar-refractivity contribution is -0.147. The molecular formula is C23H36ClN5O5. The molecule has 0 radical (unpaired) electrons. The van der Waals surface area contributed by atoms with Gasteiger partial charge in [0.05, 0.1) is 0 Å². The van der Waals surface area contributed by atoms with Gasteiger partial charge < -0.3 is 20.1 Å². The first-order valence-electron chi connectivity index (χ1n) is 10.4. The summed E-state index contributed by atoms with van der Waals surface area (Å²) in [5, 5.41) is 6.23. The van der Waals surface area contributed by atoms with E-state index in [1.165, 1.54) is 6.92 Å². The molecule has 0 saturated heterocycles. The summed E-state index contributed by atoms with van der Waals surface area (Å²) in [6.07, 6.45) is 0. The first kappa shape index (κ1) is 32.9. The second-order valence-corrected chi connectivity index (χ2v) is 7.59. The van der Waals surface area contributed by atoms with Crippen molar-refractivity contribution in [3.8, 4) is 0 Å². The van der Waals surface area contributed by atoms with Gasteiger partial charge in [-0.05, 0) is 65.6 Å². The van der Waals surface area contributed by atoms with Gasteiger partial charge in [-0.25, -0.2) is 9.59 Å². The molecule has 0 bridgehead atoms. The molecule has 0 aliphatic carbocycles. The molecule has 0 aliphatic rings. The summed E-state index contributed by atoms with van der Waals surface area (Å²) < 4.78 is 9.38. The number of rotatable bonds is 10. The predicted molar refractivity (Wildman–Crippen MR) is 135 cm³/mol. The van der Waals surface area contributed by atoms with Crippen molar-refractivity contribution in [1.82, 2.24) is 15.0 Å². The van der Waals surface area contributed by atoms with Crippen LogP contribution in [0.1, 0.15) is 48.5 Å². The van der Waals surface area contributed by atoms with Crippen LogP contribution >= 0.6 is 11.6 Å². The molecular weight excluding hydrogens is 462 g/mol. The molecule has 0 amide bonds. The van der Waals surface area contributed by atoms with Gasteiger partial charge in [-0.15, -0.1) is 0 Å². The number of carbonyl (C=O) groups excluding carboxylic acids is 3. The van der Waals surface area contributed by atoms with Crippen LogP contribution in [0.2, 0.25) is 5.28 Å². The van der Waals surface area contributed by atoms with Crippen LogP contribution in [0.5, 0.6) is 0 Å². The van der Waals surface area contributed by atoms with E-state index in [1.807, 2.05) is 20.8 Å². The van der Waals surface area contributed by atoms with Crippen molar-refractivity contribution in [3.63, 3.8) is 0 Å². The van der Waals surface area contributed by atoms with Crippen molar-refractivity contribution in [3.05, 3.63) is 41.7 Å². The maximum Gasteiger partial charge on any atom is 0.333 e. The van der Waals surface area contributed by atoms with E-state index in [0.29, 0.717) is 28.6 Å². The fourth-order valence-electron chi connectivity index (χ4n) is 1.43. The van der Waals surface area contributed by atoms with Gasteiger partial charge in [0.1, 0.15) is 13.2 Å². The number of hydrogen-bond acceptors (Lipinski definition) is 10. The topological polar surface area (TPSA) is 132 Å². The monoisotopic (exact) mass is 497 g/mol. The van der Waals surface area contributed by atoms with Crippen LogP contribution < -0.4 is 10.6 Å². The maximum atomic E-state index is 10.8. The average molecular weight is 498 g/mol. The van der Waals surface area contributed by atoms with Gasteiger partial charge in [-0.3, -0.25) is 4.79 Å². The molecule has 0 aromatic carbocycles. The Morgan fingerprint density at radius 2 is 1.26 bits per heavy atom. The summed E-state index contributed by atoms with van der Waals surface area (Å²) in [6, 6.07) is 0.267. The van der Waals surface area contributed by atoms with Crippen LogP contribution in [0.3, 0.4) is 0 Å². The first-order chi connectivity index (χ1) is 15.7. The molecule has 34 heavy (non-hydrogen) atoms. The number of Topliss-reactive ketones (excluding diaryl/α,β-unsaturated/α-hetero) is 1. The van der Waals surface area contributed by atoms with Crippen molar-refractivity contribution in [2.45, 2.75) is 54.5 Å². The molecule has 2 N–H and O–H groups in total. The minimum absolute atomic E-state index is 0.0325. The maximum absolute atomic E-state index is 10.8. The minimum Gasteiger partial charge on any atom is -0.459 e. The Hall–Kier alpha value is -3.27. The Morgan fingerprint density at radius 3 is 1.59 bits per heavy atom. The van der Waals surface area contributed by atoms with Crippen LogP contribution in [0.15, 0.2) is 36.5 Å². The fourth-order valence-corrected chi connectivity index (χ4v) is 1.59. The van der Waals surface area contributed by atoms with Crippen LogP contribution in [0.4, 0.5) is 11.9 Å². The Bertz CT molecular complexity index is 831. The Morgan fingerprint density at radius 1 is 0.853 bits per heavy atom. The third-order valence-corrected chi connectivity index (χ3v) is 3.38. The lowest BCUT2D eigenvalue weighted by Gasteiger charge is -2.09. The lowest BCUT2D eigenvalue weighted by atomic mass is 10.3. The van der Waals surface area contributed by atoms with Gasteiger partial charge in [-0.1, -0.05) is 19.7 Å². The van der Waals surface area contributed by atoms with Gasteiger partial charge in [0.25, 0.3) is 0 Å². The molecule has 0 unspecified atom stereocenters. The molecule has 0 spiro atoms. The zero-order valence-corrected chi connectivity index (χ0v) is 21.8. The highest BCUT2D eigenvalue weighted by Gasteiger charge is 2.06. The number of esters is 2. The molecule has 1 heterocycles. The second kappa shape index (κ2) is 18.2. The first-order valence-corrected chi connectivity index (χ1v) is 10.8. The largest absolute Gasteiger partial charge is 0.459 e. The summed E-state index contributed by atoms with van der Waals surface area (Å²) in [5.41, 5.74) is 1.25. The van der Waals surface area contributed by atoms with E-state index < -0.39 is 11.9 Å². The Kier molecular flexibility index (Phi) is 17.6. The van der Waals surface area contributed by atoms with Crippen molar-refractivity contribution < 1.29 is 23.9 Å². The summed E-state index contributed by atoms with van der Waals surface area (Å²) >= 11 is 5.73. The molecule has 0 saturated carbocycles. The van der Waals surface area contributed by atoms with Crippen LogP contribution in [0.25, 0.3) is 0 Å². The second-order valence-electron chi connectivity index (χ2n) is 7.25. The van der Waals surface area contributed by atoms with E-state index in [1.54, 1.807) is 20.8 Å². The summed E-state index contributed by atoms with van der Waals surface area (Å²) in [5.74, 6) is 0.0781. The van der Waals surface area contributed by atoms with Crippen molar-refractivity contribution in [1.29, 1.82) is 0 Å². The molecule has 1 aromatic rings. The zero-order valence-electron chi connectivity index (χ0n) is 21.1. The number of ketones is 1. The number of allylic oxidation sites excluding steroid dienone is 1. The summed E-state index contributed by atoms with van der Waals surface area (Å²) in [4.78, 5) is 43.7. The number of hydrogen-bond donors (Lipinski definition) is 2. The fraction of sp³-hybridized carbons (Fsp3) is 0.478. The summed E-state index contributed by atoms with van der Waals surface area (Å²) in [7, 11) is 0. The molecule has 0 atom stereocenters. The summed E-state index contributed by atoms with van der Waals surface area (Å²) in [6.45, 7) is 23.3. The van der Waals surface area contributed by atoms with Crippen molar-refractivity contribution >= 4 is 41.2 Å². The Labute approximate surface area is 206 Å². The lowest BCUT2D eigenvalue weighted by Crippen LogP contribution is -2.14. The normalized spacial score (nSPS) is 9.32. The third-order valence-electron chi connectivity index (χ3n) is 3.21. The number of nitrogens with zero attached hydrogens (tertiary/aromatic N) is 3. The highest BCUT2D eigenvalue weighted by Crippen LogP contribution is 2.09. The van der Waals surface area contributed by atoms with E-state index >= 15 is 0 Å². The van der Waals surface area contributed by atoms with Gasteiger partial charge in [0.15, 0.2) is 5.78 Å². The van der Waals surface area contributed by atoms with E-state index in [4.69, 9.17) is 11.6 Å². The highest BCUT2D eigenvalue weighted by atomic mass is 35.5. The molecule has 11 heteroatoms.